The highest BCUT2D eigenvalue weighted by Crippen LogP contribution is 2.24. The second-order valence-electron chi connectivity index (χ2n) is 7.72. The molecule has 9 nitrogen and oxygen atoms in total. The Morgan fingerprint density at radius 1 is 1.24 bits per heavy atom. The Bertz CT molecular complexity index is 1140. The number of nitrogens with one attached hydrogen (secondary N) is 2. The van der Waals surface area contributed by atoms with Crippen LogP contribution in [0.4, 0.5) is 17.6 Å². The maximum atomic E-state index is 11.6. The summed E-state index contributed by atoms with van der Waals surface area (Å²) in [5, 5.41) is 6.36. The summed E-state index contributed by atoms with van der Waals surface area (Å²) in [7, 11) is -2.88. The number of aryl methyl sites for hydroxylation is 1. The molecule has 4 heterocycles. The van der Waals surface area contributed by atoms with Crippen LogP contribution in [0.5, 0.6) is 0 Å². The van der Waals surface area contributed by atoms with E-state index in [0.29, 0.717) is 36.6 Å². The lowest BCUT2D eigenvalue weighted by Crippen LogP contribution is -2.17. The van der Waals surface area contributed by atoms with Crippen molar-refractivity contribution in [2.45, 2.75) is 33.2 Å². The van der Waals surface area contributed by atoms with Crippen molar-refractivity contribution >= 4 is 38.5 Å². The highest BCUT2D eigenvalue weighted by molar-refractivity contribution is 7.91. The van der Waals surface area contributed by atoms with E-state index in [4.69, 9.17) is 0 Å². The lowest BCUT2D eigenvalue weighted by molar-refractivity contribution is 0.595. The third kappa shape index (κ3) is 4.31. The van der Waals surface area contributed by atoms with Gasteiger partial charge in [-0.1, -0.05) is 0 Å². The number of anilines is 3. The Morgan fingerprint density at radius 2 is 2.07 bits per heavy atom. The number of pyridine rings is 1. The Kier molecular flexibility index (Phi) is 5.12. The van der Waals surface area contributed by atoms with Gasteiger partial charge < -0.3 is 15.2 Å². The molecule has 0 spiro atoms. The fourth-order valence-corrected chi connectivity index (χ4v) is 5.61. The minimum atomic E-state index is -2.88. The van der Waals surface area contributed by atoms with Crippen molar-refractivity contribution in [3.8, 4) is 0 Å². The highest BCUT2D eigenvalue weighted by atomic mass is 32.2. The minimum Gasteiger partial charge on any atom is -0.354 e. The van der Waals surface area contributed by atoms with E-state index < -0.39 is 9.84 Å². The zero-order chi connectivity index (χ0) is 20.6. The summed E-state index contributed by atoms with van der Waals surface area (Å²) in [5.41, 5.74) is 1.88. The molecule has 29 heavy (non-hydrogen) atoms. The number of rotatable bonds is 6. The quantitative estimate of drug-likeness (QED) is 0.631. The number of hydrogen-bond acceptors (Lipinski definition) is 8. The molecule has 1 aliphatic rings. The number of aromatic nitrogens is 5. The molecular weight excluding hydrogens is 390 g/mol. The highest BCUT2D eigenvalue weighted by Gasteiger charge is 2.27. The zero-order valence-electron chi connectivity index (χ0n) is 16.8. The molecule has 154 valence electrons. The van der Waals surface area contributed by atoms with Crippen LogP contribution in [0.1, 0.15) is 32.1 Å². The first-order chi connectivity index (χ1) is 13.8. The van der Waals surface area contributed by atoms with E-state index in [2.05, 4.69) is 49.0 Å². The smallest absolute Gasteiger partial charge is 0.224 e. The molecule has 0 aliphatic carbocycles. The van der Waals surface area contributed by atoms with Crippen molar-refractivity contribution in [1.29, 1.82) is 0 Å². The molecule has 1 fully saturated rings. The van der Waals surface area contributed by atoms with Gasteiger partial charge in [0.2, 0.25) is 5.95 Å². The molecule has 0 amide bonds. The largest absolute Gasteiger partial charge is 0.354 e. The normalized spacial score (nSPS) is 18.4. The van der Waals surface area contributed by atoms with Gasteiger partial charge in [-0.2, -0.15) is 4.98 Å². The third-order valence-electron chi connectivity index (χ3n) is 5.06. The predicted octanol–water partition coefficient (Wildman–Crippen LogP) is 2.70. The SMILES string of the molecule is Cc1nc2cnc(Nc3ccnc(NCC4CCS(=O)(=O)C4)n3)cc2n1C(C)C. The lowest BCUT2D eigenvalue weighted by Gasteiger charge is -2.12. The number of imidazole rings is 1. The van der Waals surface area contributed by atoms with Crippen molar-refractivity contribution in [3.63, 3.8) is 0 Å². The van der Waals surface area contributed by atoms with E-state index in [-0.39, 0.29) is 17.4 Å². The molecule has 10 heteroatoms. The zero-order valence-corrected chi connectivity index (χ0v) is 17.6. The summed E-state index contributed by atoms with van der Waals surface area (Å²) in [6.07, 6.45) is 4.09. The molecule has 3 aromatic rings. The van der Waals surface area contributed by atoms with Gasteiger partial charge in [0, 0.05) is 24.8 Å². The Balaban J connectivity index is 1.48. The van der Waals surface area contributed by atoms with Gasteiger partial charge in [-0.05, 0) is 39.2 Å². The Morgan fingerprint density at radius 3 is 2.79 bits per heavy atom. The van der Waals surface area contributed by atoms with Gasteiger partial charge in [0.25, 0.3) is 0 Å². The topological polar surface area (TPSA) is 115 Å². The van der Waals surface area contributed by atoms with Crippen molar-refractivity contribution < 1.29 is 8.42 Å². The van der Waals surface area contributed by atoms with Gasteiger partial charge in [-0.3, -0.25) is 0 Å². The molecule has 0 saturated carbocycles. The van der Waals surface area contributed by atoms with Gasteiger partial charge in [0.05, 0.1) is 23.2 Å². The van der Waals surface area contributed by atoms with Gasteiger partial charge >= 0.3 is 0 Å². The number of hydrogen-bond donors (Lipinski definition) is 2. The van der Waals surface area contributed by atoms with Crippen LogP contribution in [0, 0.1) is 12.8 Å². The van der Waals surface area contributed by atoms with Crippen LogP contribution in [0.3, 0.4) is 0 Å². The van der Waals surface area contributed by atoms with Gasteiger partial charge in [-0.15, -0.1) is 0 Å². The molecule has 0 aromatic carbocycles. The monoisotopic (exact) mass is 415 g/mol. The average molecular weight is 416 g/mol. The van der Waals surface area contributed by atoms with E-state index >= 15 is 0 Å². The van der Waals surface area contributed by atoms with Crippen LogP contribution in [-0.4, -0.2) is 51.0 Å². The van der Waals surface area contributed by atoms with E-state index in [1.807, 2.05) is 13.0 Å². The molecule has 4 rings (SSSR count). The summed E-state index contributed by atoms with van der Waals surface area (Å²) < 4.78 is 25.3. The first-order valence-electron chi connectivity index (χ1n) is 9.70. The van der Waals surface area contributed by atoms with Crippen LogP contribution in [0.2, 0.25) is 0 Å². The standard InChI is InChI=1S/C19H25N7O2S/c1-12(2)26-13(3)23-15-10-21-18(8-16(15)26)24-17-4-6-20-19(25-17)22-9-14-5-7-29(27,28)11-14/h4,6,8,10,12,14H,5,7,9,11H2,1-3H3,(H2,20,21,22,24,25). The number of nitrogens with zero attached hydrogens (tertiary/aromatic N) is 5. The fraction of sp³-hybridized carbons (Fsp3) is 0.474. The average Bonchev–Trinajstić information content (AvgIpc) is 3.18. The fourth-order valence-electron chi connectivity index (χ4n) is 3.75. The second-order valence-corrected chi connectivity index (χ2v) is 9.95. The number of sulfone groups is 1. The third-order valence-corrected chi connectivity index (χ3v) is 6.89. The van der Waals surface area contributed by atoms with Gasteiger partial charge in [0.1, 0.15) is 23.0 Å². The maximum Gasteiger partial charge on any atom is 0.224 e. The van der Waals surface area contributed by atoms with Gasteiger partial charge in [0.15, 0.2) is 9.84 Å². The summed E-state index contributed by atoms with van der Waals surface area (Å²) in [5.74, 6) is 3.29. The maximum absolute atomic E-state index is 11.6. The van der Waals surface area contributed by atoms with Crippen molar-refractivity contribution in [2.75, 3.05) is 28.7 Å². The molecule has 0 bridgehead atoms. The molecule has 0 radical (unpaired) electrons. The van der Waals surface area contributed by atoms with Crippen LogP contribution < -0.4 is 10.6 Å². The lowest BCUT2D eigenvalue weighted by atomic mass is 10.1. The molecule has 1 atom stereocenters. The molecule has 1 aliphatic heterocycles. The summed E-state index contributed by atoms with van der Waals surface area (Å²) in [6.45, 7) is 6.78. The van der Waals surface area contributed by atoms with E-state index in [9.17, 15) is 8.42 Å². The van der Waals surface area contributed by atoms with Crippen LogP contribution in [-0.2, 0) is 9.84 Å². The molecule has 1 unspecified atom stereocenters. The molecule has 1 saturated heterocycles. The first kappa shape index (κ1) is 19.6. The minimum absolute atomic E-state index is 0.101. The number of fused-ring (bicyclic) bond motifs is 1. The first-order valence-corrected chi connectivity index (χ1v) is 11.5. The van der Waals surface area contributed by atoms with Crippen molar-refractivity contribution in [2.24, 2.45) is 5.92 Å². The van der Waals surface area contributed by atoms with Crippen LogP contribution in [0.25, 0.3) is 11.0 Å². The van der Waals surface area contributed by atoms with E-state index in [1.165, 1.54) is 0 Å². The van der Waals surface area contributed by atoms with E-state index in [0.717, 1.165) is 16.9 Å². The molecule has 2 N–H and O–H groups in total. The Hall–Kier alpha value is -2.75. The summed E-state index contributed by atoms with van der Waals surface area (Å²) >= 11 is 0. The van der Waals surface area contributed by atoms with Crippen LogP contribution >= 0.6 is 0 Å². The summed E-state index contributed by atoms with van der Waals surface area (Å²) in [4.78, 5) is 17.7. The van der Waals surface area contributed by atoms with Crippen LogP contribution in [0.15, 0.2) is 24.5 Å². The van der Waals surface area contributed by atoms with E-state index in [1.54, 1.807) is 18.5 Å². The summed E-state index contributed by atoms with van der Waals surface area (Å²) in [6, 6.07) is 4.03. The predicted molar refractivity (Wildman–Crippen MR) is 113 cm³/mol. The second kappa shape index (κ2) is 7.58. The molecular formula is C19H25N7O2S. The van der Waals surface area contributed by atoms with Gasteiger partial charge in [-0.25, -0.2) is 23.4 Å². The molecule has 3 aromatic heterocycles. The Labute approximate surface area is 169 Å². The van der Waals surface area contributed by atoms with Crippen molar-refractivity contribution in [1.82, 2.24) is 24.5 Å². The van der Waals surface area contributed by atoms with Crippen molar-refractivity contribution in [3.05, 3.63) is 30.4 Å².